The van der Waals surface area contributed by atoms with Crippen LogP contribution in [0.4, 0.5) is 0 Å². The fourth-order valence-corrected chi connectivity index (χ4v) is 3.35. The van der Waals surface area contributed by atoms with Gasteiger partial charge < -0.3 is 9.47 Å². The molecular formula is C22H26N2. The zero-order valence-corrected chi connectivity index (χ0v) is 14.9. The normalized spacial score (nSPS) is 16.4. The molecular weight excluding hydrogens is 292 g/mol. The van der Waals surface area contributed by atoms with Crippen LogP contribution in [0.15, 0.2) is 60.7 Å². The van der Waals surface area contributed by atoms with Gasteiger partial charge in [0.15, 0.2) is 0 Å². The second kappa shape index (κ2) is 7.06. The molecule has 0 unspecified atom stereocenters. The number of nitrogens with zero attached hydrogens (tertiary/aromatic N) is 2. The molecule has 0 bridgehead atoms. The molecule has 3 rings (SSSR count). The van der Waals surface area contributed by atoms with Gasteiger partial charge in [-0.15, -0.1) is 0 Å². The minimum absolute atomic E-state index is 1.03. The van der Waals surface area contributed by atoms with E-state index in [0.717, 1.165) is 19.5 Å². The van der Waals surface area contributed by atoms with Crippen LogP contribution in [0.1, 0.15) is 23.7 Å². The molecule has 1 aliphatic rings. The fourth-order valence-electron chi connectivity index (χ4n) is 3.35. The Hall–Kier alpha value is -2.32. The predicted molar refractivity (Wildman–Crippen MR) is 105 cm³/mol. The van der Waals surface area contributed by atoms with E-state index in [1.165, 1.54) is 33.3 Å². The summed E-state index contributed by atoms with van der Waals surface area (Å²) in [6.07, 6.45) is 13.4. The van der Waals surface area contributed by atoms with Crippen LogP contribution in [0, 0.1) is 6.92 Å². The molecule has 1 aliphatic heterocycles. The molecule has 1 aromatic carbocycles. The number of hydrogen-bond acceptors (Lipinski definition) is 1. The number of benzene rings is 1. The van der Waals surface area contributed by atoms with E-state index in [0.29, 0.717) is 0 Å². The van der Waals surface area contributed by atoms with E-state index < -0.39 is 0 Å². The van der Waals surface area contributed by atoms with Crippen LogP contribution in [-0.2, 0) is 13.0 Å². The van der Waals surface area contributed by atoms with Gasteiger partial charge in [0.05, 0.1) is 5.52 Å². The Labute approximate surface area is 145 Å². The zero-order chi connectivity index (χ0) is 17.1. The first-order valence-electron chi connectivity index (χ1n) is 8.55. The van der Waals surface area contributed by atoms with Crippen LogP contribution < -0.4 is 0 Å². The summed E-state index contributed by atoms with van der Waals surface area (Å²) < 4.78 is 2.38. The third kappa shape index (κ3) is 3.29. The van der Waals surface area contributed by atoms with Gasteiger partial charge >= 0.3 is 0 Å². The molecule has 0 aliphatic carbocycles. The molecule has 0 atom stereocenters. The lowest BCUT2D eigenvalue weighted by Gasteiger charge is -2.23. The first kappa shape index (κ1) is 16.5. The molecule has 0 spiro atoms. The van der Waals surface area contributed by atoms with Gasteiger partial charge in [0.2, 0.25) is 0 Å². The van der Waals surface area contributed by atoms with Gasteiger partial charge in [-0.2, -0.15) is 0 Å². The van der Waals surface area contributed by atoms with Crippen molar-refractivity contribution in [2.75, 3.05) is 13.6 Å². The first-order chi connectivity index (χ1) is 11.6. The molecule has 2 heteroatoms. The molecule has 2 heterocycles. The highest BCUT2D eigenvalue weighted by atomic mass is 15.1. The maximum atomic E-state index is 3.70. The van der Waals surface area contributed by atoms with Gasteiger partial charge in [0.1, 0.15) is 0 Å². The second-order valence-electron chi connectivity index (χ2n) is 6.65. The highest BCUT2D eigenvalue weighted by Crippen LogP contribution is 2.31. The molecule has 0 saturated heterocycles. The van der Waals surface area contributed by atoms with Crippen LogP contribution in [-0.4, -0.2) is 23.1 Å². The molecule has 2 aromatic rings. The highest BCUT2D eigenvalue weighted by molar-refractivity contribution is 5.88. The minimum Gasteiger partial charge on any atom is -0.320 e. The Kier molecular flexibility index (Phi) is 4.86. The summed E-state index contributed by atoms with van der Waals surface area (Å²) in [7, 11) is 2.20. The second-order valence-corrected chi connectivity index (χ2v) is 6.65. The SMILES string of the molecule is C=C\C=C/C=C(C)/C=C\n1c2c(c3cc(C)ccc31)CN(C)CC2. The third-order valence-electron chi connectivity index (χ3n) is 4.63. The van der Waals surface area contributed by atoms with Crippen LogP contribution in [0.2, 0.25) is 0 Å². The standard InChI is InChI=1S/C22H26N2/c1-5-6-7-8-17(2)11-14-24-21-10-9-18(3)15-19(21)20-16-23(4)13-12-22(20)24/h5-11,14-15H,1,12-13,16H2,2-4H3/b7-6-,14-11-,17-8+. The van der Waals surface area contributed by atoms with Crippen molar-refractivity contribution in [3.63, 3.8) is 0 Å². The quantitative estimate of drug-likeness (QED) is 0.712. The van der Waals surface area contributed by atoms with E-state index in [4.69, 9.17) is 0 Å². The van der Waals surface area contributed by atoms with Gasteiger partial charge in [-0.1, -0.05) is 42.5 Å². The van der Waals surface area contributed by atoms with Gasteiger partial charge in [0, 0.05) is 36.8 Å². The monoisotopic (exact) mass is 318 g/mol. The molecule has 0 amide bonds. The first-order valence-corrected chi connectivity index (χ1v) is 8.55. The van der Waals surface area contributed by atoms with Gasteiger partial charge in [-0.3, -0.25) is 0 Å². The Morgan fingerprint density at radius 1 is 1.25 bits per heavy atom. The van der Waals surface area contributed by atoms with Crippen LogP contribution in [0.3, 0.4) is 0 Å². The summed E-state index contributed by atoms with van der Waals surface area (Å²) in [6.45, 7) is 10.1. The molecule has 0 radical (unpaired) electrons. The number of allylic oxidation sites excluding steroid dienone is 6. The number of aromatic nitrogens is 1. The van der Waals surface area contributed by atoms with Crippen molar-refractivity contribution in [2.24, 2.45) is 0 Å². The van der Waals surface area contributed by atoms with E-state index >= 15 is 0 Å². The molecule has 0 N–H and O–H groups in total. The smallest absolute Gasteiger partial charge is 0.0528 e. The molecule has 1 aromatic heterocycles. The maximum Gasteiger partial charge on any atom is 0.0528 e. The average Bonchev–Trinajstić information content (AvgIpc) is 2.85. The van der Waals surface area contributed by atoms with Gasteiger partial charge in [-0.05, 0) is 50.2 Å². The molecule has 0 fully saturated rings. The summed E-state index contributed by atoms with van der Waals surface area (Å²) in [5, 5.41) is 1.40. The van der Waals surface area contributed by atoms with Crippen molar-refractivity contribution in [2.45, 2.75) is 26.8 Å². The molecule has 24 heavy (non-hydrogen) atoms. The van der Waals surface area contributed by atoms with Crippen molar-refractivity contribution < 1.29 is 0 Å². The van der Waals surface area contributed by atoms with E-state index in [1.54, 1.807) is 6.08 Å². The predicted octanol–water partition coefficient (Wildman–Crippen LogP) is 5.10. The summed E-state index contributed by atoms with van der Waals surface area (Å²) >= 11 is 0. The molecule has 0 saturated carbocycles. The zero-order valence-electron chi connectivity index (χ0n) is 14.9. The maximum absolute atomic E-state index is 3.70. The summed E-state index contributed by atoms with van der Waals surface area (Å²) in [6, 6.07) is 6.79. The minimum atomic E-state index is 1.03. The average molecular weight is 318 g/mol. The topological polar surface area (TPSA) is 8.17 Å². The highest BCUT2D eigenvalue weighted by Gasteiger charge is 2.21. The lowest BCUT2D eigenvalue weighted by Crippen LogP contribution is -2.26. The third-order valence-corrected chi connectivity index (χ3v) is 4.63. The van der Waals surface area contributed by atoms with Crippen LogP contribution in [0.5, 0.6) is 0 Å². The fraction of sp³-hybridized carbons (Fsp3) is 0.273. The summed E-state index contributed by atoms with van der Waals surface area (Å²) in [5.41, 5.74) is 6.81. The number of fused-ring (bicyclic) bond motifs is 3. The largest absolute Gasteiger partial charge is 0.320 e. The lowest BCUT2D eigenvalue weighted by atomic mass is 10.0. The lowest BCUT2D eigenvalue weighted by molar-refractivity contribution is 0.312. The van der Waals surface area contributed by atoms with Crippen molar-refractivity contribution in [3.05, 3.63) is 77.6 Å². The Morgan fingerprint density at radius 3 is 2.88 bits per heavy atom. The van der Waals surface area contributed by atoms with Gasteiger partial charge in [-0.25, -0.2) is 0 Å². The number of likely N-dealkylation sites (N-methyl/N-ethyl adjacent to an activating group) is 1. The number of hydrogen-bond donors (Lipinski definition) is 0. The summed E-state index contributed by atoms with van der Waals surface area (Å²) in [4.78, 5) is 2.41. The van der Waals surface area contributed by atoms with E-state index in [1.807, 2.05) is 12.2 Å². The number of aryl methyl sites for hydroxylation is 1. The van der Waals surface area contributed by atoms with Crippen molar-refractivity contribution in [1.82, 2.24) is 9.47 Å². The Morgan fingerprint density at radius 2 is 2.08 bits per heavy atom. The van der Waals surface area contributed by atoms with Crippen molar-refractivity contribution in [3.8, 4) is 0 Å². The summed E-state index contributed by atoms with van der Waals surface area (Å²) in [5.74, 6) is 0. The number of rotatable bonds is 4. The van der Waals surface area contributed by atoms with Crippen molar-refractivity contribution >= 4 is 17.1 Å². The van der Waals surface area contributed by atoms with Gasteiger partial charge in [0.25, 0.3) is 0 Å². The molecule has 2 nitrogen and oxygen atoms in total. The Bertz CT molecular complexity index is 846. The van der Waals surface area contributed by atoms with Crippen molar-refractivity contribution in [1.29, 1.82) is 0 Å². The van der Waals surface area contributed by atoms with E-state index in [2.05, 4.69) is 73.5 Å². The van der Waals surface area contributed by atoms with E-state index in [-0.39, 0.29) is 0 Å². The van der Waals surface area contributed by atoms with E-state index in [9.17, 15) is 0 Å². The Balaban J connectivity index is 2.06. The molecule has 124 valence electrons. The van der Waals surface area contributed by atoms with Crippen LogP contribution >= 0.6 is 0 Å². The van der Waals surface area contributed by atoms with Crippen LogP contribution in [0.25, 0.3) is 17.1 Å².